The third kappa shape index (κ3) is 2.60. The Balaban J connectivity index is 1.54. The van der Waals surface area contributed by atoms with Crippen molar-refractivity contribution in [3.8, 4) is 0 Å². The number of nitrogens with one attached hydrogen (secondary N) is 1. The third-order valence-corrected chi connectivity index (χ3v) is 4.57. The van der Waals surface area contributed by atoms with Crippen LogP contribution < -0.4 is 5.32 Å². The summed E-state index contributed by atoms with van der Waals surface area (Å²) in [4.78, 5) is 15.7. The predicted octanol–water partition coefficient (Wildman–Crippen LogP) is 2.15. The molecular weight excluding hydrogens is 324 g/mol. The van der Waals surface area contributed by atoms with Crippen molar-refractivity contribution < 1.29 is 0 Å². The second-order valence-corrected chi connectivity index (χ2v) is 6.80. The van der Waals surface area contributed by atoms with E-state index in [9.17, 15) is 0 Å². The zero-order valence-electron chi connectivity index (χ0n) is 13.7. The zero-order chi connectivity index (χ0) is 16.7. The maximum atomic E-state index is 4.66. The molecule has 4 rings (SSSR count). The van der Waals surface area contributed by atoms with E-state index in [0.29, 0.717) is 18.3 Å². The van der Waals surface area contributed by atoms with Crippen LogP contribution in [0.3, 0.4) is 0 Å². The van der Waals surface area contributed by atoms with Gasteiger partial charge in [-0.25, -0.2) is 9.98 Å². The summed E-state index contributed by atoms with van der Waals surface area (Å²) in [6.07, 6.45) is 7.64. The molecule has 0 saturated heterocycles. The zero-order valence-corrected chi connectivity index (χ0v) is 14.5. The Morgan fingerprint density at radius 2 is 2.25 bits per heavy atom. The Kier molecular flexibility index (Phi) is 3.64. The number of hydrogen-bond acceptors (Lipinski definition) is 8. The highest BCUT2D eigenvalue weighted by atomic mass is 32.1. The van der Waals surface area contributed by atoms with Gasteiger partial charge >= 0.3 is 0 Å². The summed E-state index contributed by atoms with van der Waals surface area (Å²) < 4.78 is 6.17. The number of aliphatic imine (C=N–C) groups is 2. The number of rotatable bonds is 3. The van der Waals surface area contributed by atoms with Gasteiger partial charge in [0.2, 0.25) is 5.13 Å². The number of hydrogen-bond donors (Lipinski definition) is 1. The molecule has 0 spiro atoms. The average molecular weight is 342 g/mol. The largest absolute Gasteiger partial charge is 0.319 e. The van der Waals surface area contributed by atoms with Gasteiger partial charge < -0.3 is 10.2 Å². The van der Waals surface area contributed by atoms with Crippen LogP contribution in [0.5, 0.6) is 0 Å². The van der Waals surface area contributed by atoms with E-state index in [-0.39, 0.29) is 6.04 Å². The minimum atomic E-state index is 0.151. The molecule has 2 aliphatic heterocycles. The lowest BCUT2D eigenvalue weighted by Gasteiger charge is -2.25. The van der Waals surface area contributed by atoms with Crippen LogP contribution in [0.15, 0.2) is 34.8 Å². The van der Waals surface area contributed by atoms with Gasteiger partial charge in [0.25, 0.3) is 0 Å². The lowest BCUT2D eigenvalue weighted by molar-refractivity contribution is 0.458. The summed E-state index contributed by atoms with van der Waals surface area (Å²) in [6.45, 7) is 4.83. The molecule has 4 heterocycles. The van der Waals surface area contributed by atoms with Gasteiger partial charge in [-0.3, -0.25) is 9.67 Å². The van der Waals surface area contributed by atoms with E-state index < -0.39 is 0 Å². The molecule has 124 valence electrons. The highest BCUT2D eigenvalue weighted by Gasteiger charge is 2.33. The summed E-state index contributed by atoms with van der Waals surface area (Å²) in [6, 6.07) is 0.151. The van der Waals surface area contributed by atoms with Crippen molar-refractivity contribution in [3.63, 3.8) is 0 Å². The van der Waals surface area contributed by atoms with E-state index in [0.717, 1.165) is 22.4 Å². The SMILES string of the molecule is CC(C)c1nsc(NC2=NC=CN3C2=NCC3c2cnn(C)c2)n1. The second-order valence-electron chi connectivity index (χ2n) is 6.05. The van der Waals surface area contributed by atoms with Crippen LogP contribution in [0.4, 0.5) is 5.13 Å². The van der Waals surface area contributed by atoms with Crippen LogP contribution in [0.2, 0.25) is 0 Å². The average Bonchev–Trinajstić information content (AvgIpc) is 3.26. The quantitative estimate of drug-likeness (QED) is 0.924. The summed E-state index contributed by atoms with van der Waals surface area (Å²) in [5.74, 6) is 2.68. The minimum Gasteiger partial charge on any atom is -0.319 e. The Labute approximate surface area is 143 Å². The fourth-order valence-corrected chi connectivity index (χ4v) is 3.40. The number of fused-ring (bicyclic) bond motifs is 1. The highest BCUT2D eigenvalue weighted by Crippen LogP contribution is 2.29. The van der Waals surface area contributed by atoms with E-state index in [1.807, 2.05) is 30.3 Å². The summed E-state index contributed by atoms with van der Waals surface area (Å²) in [7, 11) is 1.92. The van der Waals surface area contributed by atoms with Crippen molar-refractivity contribution in [3.05, 3.63) is 36.2 Å². The molecule has 0 aliphatic carbocycles. The molecule has 0 radical (unpaired) electrons. The van der Waals surface area contributed by atoms with Crippen molar-refractivity contribution in [1.29, 1.82) is 0 Å². The van der Waals surface area contributed by atoms with E-state index in [1.54, 1.807) is 6.20 Å². The van der Waals surface area contributed by atoms with Crippen molar-refractivity contribution in [2.24, 2.45) is 17.0 Å². The van der Waals surface area contributed by atoms with Gasteiger partial charge in [0.15, 0.2) is 11.7 Å². The van der Waals surface area contributed by atoms with E-state index in [4.69, 9.17) is 0 Å². The van der Waals surface area contributed by atoms with Gasteiger partial charge in [0, 0.05) is 48.7 Å². The number of aromatic nitrogens is 4. The van der Waals surface area contributed by atoms with Crippen LogP contribution in [-0.2, 0) is 7.05 Å². The lowest BCUT2D eigenvalue weighted by atomic mass is 10.1. The highest BCUT2D eigenvalue weighted by molar-refractivity contribution is 7.10. The van der Waals surface area contributed by atoms with Crippen molar-refractivity contribution >= 4 is 28.3 Å². The standard InChI is InChI=1S/C15H18N8S/c1-9(2)12-19-15(24-21-12)20-13-14-17-7-11(23(14)5-4-16-13)10-6-18-22(3)8-10/h4-6,8-9,11H,7H2,1-3H3,(H,16,19,20,21). The van der Waals surface area contributed by atoms with Gasteiger partial charge in [-0.1, -0.05) is 13.8 Å². The fourth-order valence-electron chi connectivity index (χ4n) is 2.69. The van der Waals surface area contributed by atoms with Crippen LogP contribution >= 0.6 is 11.5 Å². The van der Waals surface area contributed by atoms with Crippen molar-refractivity contribution in [2.75, 3.05) is 11.9 Å². The molecule has 0 amide bonds. The molecule has 0 fully saturated rings. The molecule has 0 aromatic carbocycles. The first-order valence-electron chi connectivity index (χ1n) is 7.78. The van der Waals surface area contributed by atoms with Crippen LogP contribution in [0.1, 0.15) is 37.2 Å². The minimum absolute atomic E-state index is 0.151. The number of nitrogens with zero attached hydrogens (tertiary/aromatic N) is 7. The first-order valence-corrected chi connectivity index (χ1v) is 8.56. The first-order chi connectivity index (χ1) is 11.6. The van der Waals surface area contributed by atoms with Gasteiger partial charge in [-0.15, -0.1) is 0 Å². The van der Waals surface area contributed by atoms with E-state index in [2.05, 4.69) is 48.5 Å². The maximum absolute atomic E-state index is 4.66. The van der Waals surface area contributed by atoms with E-state index >= 15 is 0 Å². The summed E-state index contributed by atoms with van der Waals surface area (Å²) >= 11 is 1.34. The molecule has 2 aromatic rings. The second kappa shape index (κ2) is 5.82. The Hall–Kier alpha value is -2.55. The lowest BCUT2D eigenvalue weighted by Crippen LogP contribution is -2.37. The van der Waals surface area contributed by atoms with Gasteiger partial charge in [-0.05, 0) is 0 Å². The van der Waals surface area contributed by atoms with Crippen molar-refractivity contribution in [2.45, 2.75) is 25.8 Å². The Bertz CT molecular complexity index is 843. The topological polar surface area (TPSA) is 83.6 Å². The molecule has 0 saturated carbocycles. The predicted molar refractivity (Wildman–Crippen MR) is 94.3 cm³/mol. The summed E-state index contributed by atoms with van der Waals surface area (Å²) in [5.41, 5.74) is 1.14. The first kappa shape index (κ1) is 15.0. The van der Waals surface area contributed by atoms with Crippen LogP contribution in [-0.4, -0.2) is 42.3 Å². The maximum Gasteiger partial charge on any atom is 0.208 e. The molecule has 1 unspecified atom stereocenters. The van der Waals surface area contributed by atoms with E-state index in [1.165, 1.54) is 11.5 Å². The van der Waals surface area contributed by atoms with Crippen molar-refractivity contribution in [1.82, 2.24) is 24.0 Å². The number of anilines is 1. The van der Waals surface area contributed by atoms with Gasteiger partial charge in [0.1, 0.15) is 5.82 Å². The molecular formula is C15H18N8S. The molecule has 8 nitrogen and oxygen atoms in total. The Morgan fingerprint density at radius 3 is 2.96 bits per heavy atom. The Morgan fingerprint density at radius 1 is 1.38 bits per heavy atom. The molecule has 0 bridgehead atoms. The monoisotopic (exact) mass is 342 g/mol. The molecule has 2 aliphatic rings. The van der Waals surface area contributed by atoms with Gasteiger partial charge in [-0.2, -0.15) is 9.47 Å². The molecule has 9 heteroatoms. The summed E-state index contributed by atoms with van der Waals surface area (Å²) in [5, 5.41) is 8.25. The molecule has 1 atom stereocenters. The van der Waals surface area contributed by atoms with Gasteiger partial charge in [0.05, 0.1) is 18.8 Å². The molecule has 1 N–H and O–H groups in total. The number of amidine groups is 2. The molecule has 2 aromatic heterocycles. The molecule has 24 heavy (non-hydrogen) atoms. The fraction of sp³-hybridized carbons (Fsp3) is 0.400. The van der Waals surface area contributed by atoms with Crippen LogP contribution in [0.25, 0.3) is 0 Å². The third-order valence-electron chi connectivity index (χ3n) is 3.93. The number of aryl methyl sites for hydroxylation is 1. The van der Waals surface area contributed by atoms with Crippen LogP contribution in [0, 0.1) is 0 Å². The smallest absolute Gasteiger partial charge is 0.208 e. The normalized spacial score (nSPS) is 19.5.